The molecule has 3 aromatic rings. The lowest BCUT2D eigenvalue weighted by Crippen LogP contribution is -2.43. The van der Waals surface area contributed by atoms with Gasteiger partial charge in [0, 0.05) is 31.3 Å². The molecule has 2 aromatic carbocycles. The average molecular weight is 506 g/mol. The second-order valence-corrected chi connectivity index (χ2v) is 9.07. The van der Waals surface area contributed by atoms with Crippen molar-refractivity contribution in [2.45, 2.75) is 18.8 Å². The molecule has 3 aliphatic heterocycles. The Balaban J connectivity index is 1.17. The Morgan fingerprint density at radius 3 is 2.78 bits per heavy atom. The number of amides is 1. The van der Waals surface area contributed by atoms with Crippen molar-refractivity contribution in [2.75, 3.05) is 46.1 Å². The van der Waals surface area contributed by atoms with Crippen molar-refractivity contribution in [3.63, 3.8) is 0 Å². The fourth-order valence-electron chi connectivity index (χ4n) is 4.82. The molecule has 192 valence electrons. The van der Waals surface area contributed by atoms with E-state index in [2.05, 4.69) is 4.98 Å². The van der Waals surface area contributed by atoms with E-state index >= 15 is 0 Å². The first-order chi connectivity index (χ1) is 18.2. The van der Waals surface area contributed by atoms with E-state index in [1.54, 1.807) is 15.5 Å². The molecule has 1 aromatic heterocycles. The van der Waals surface area contributed by atoms with Gasteiger partial charge in [-0.3, -0.25) is 9.36 Å². The summed E-state index contributed by atoms with van der Waals surface area (Å²) < 4.78 is 30.7. The first-order valence-corrected chi connectivity index (χ1v) is 12.3. The number of aromatic nitrogens is 2. The molecule has 2 atom stereocenters. The van der Waals surface area contributed by atoms with Gasteiger partial charge in [0.25, 0.3) is 5.91 Å². The topological polar surface area (TPSA) is 101 Å². The van der Waals surface area contributed by atoms with Crippen LogP contribution in [0.1, 0.15) is 11.8 Å². The summed E-state index contributed by atoms with van der Waals surface area (Å²) in [5, 5.41) is 0. The zero-order chi connectivity index (χ0) is 25.2. The van der Waals surface area contributed by atoms with Gasteiger partial charge >= 0.3 is 5.69 Å². The normalized spacial score (nSPS) is 20.1. The number of hydrogen-bond acceptors (Lipinski definition) is 8. The predicted molar refractivity (Wildman–Crippen MR) is 132 cm³/mol. The molecule has 1 amide bonds. The van der Waals surface area contributed by atoms with Crippen molar-refractivity contribution in [3.8, 4) is 28.5 Å². The summed E-state index contributed by atoms with van der Waals surface area (Å²) in [6, 6.07) is 14.9. The Morgan fingerprint density at radius 1 is 1.08 bits per heavy atom. The SMILES string of the molecule is O=C(COc1ccc2c(c1)CC(OCC1COc3ccccc3O1)n1c-2ccnc1=O)N1CCOCC1. The van der Waals surface area contributed by atoms with Crippen LogP contribution in [0.4, 0.5) is 0 Å². The van der Waals surface area contributed by atoms with E-state index in [-0.39, 0.29) is 30.9 Å². The third-order valence-electron chi connectivity index (χ3n) is 6.69. The number of hydrogen-bond donors (Lipinski definition) is 0. The Morgan fingerprint density at radius 2 is 1.92 bits per heavy atom. The smallest absolute Gasteiger partial charge is 0.350 e. The van der Waals surface area contributed by atoms with E-state index in [0.717, 1.165) is 11.1 Å². The first kappa shape index (κ1) is 23.5. The summed E-state index contributed by atoms with van der Waals surface area (Å²) in [4.78, 5) is 30.9. The number of carbonyl (C=O) groups excluding carboxylic acids is 1. The lowest BCUT2D eigenvalue weighted by Gasteiger charge is -2.32. The molecule has 0 spiro atoms. The second-order valence-electron chi connectivity index (χ2n) is 9.07. The van der Waals surface area contributed by atoms with Crippen molar-refractivity contribution in [1.82, 2.24) is 14.5 Å². The molecule has 0 radical (unpaired) electrons. The van der Waals surface area contributed by atoms with Crippen LogP contribution in [-0.2, 0) is 20.7 Å². The molecule has 0 saturated carbocycles. The minimum atomic E-state index is -0.574. The summed E-state index contributed by atoms with van der Waals surface area (Å²) in [6.45, 7) is 2.79. The van der Waals surface area contributed by atoms with Gasteiger partial charge in [0.2, 0.25) is 0 Å². The summed E-state index contributed by atoms with van der Waals surface area (Å²) in [5.74, 6) is 1.89. The van der Waals surface area contributed by atoms with Crippen molar-refractivity contribution in [2.24, 2.45) is 0 Å². The van der Waals surface area contributed by atoms with Gasteiger partial charge in [0.15, 0.2) is 24.2 Å². The quantitative estimate of drug-likeness (QED) is 0.502. The molecule has 2 unspecified atom stereocenters. The molecule has 37 heavy (non-hydrogen) atoms. The lowest BCUT2D eigenvalue weighted by molar-refractivity contribution is -0.137. The Kier molecular flexibility index (Phi) is 6.50. The monoisotopic (exact) mass is 505 g/mol. The summed E-state index contributed by atoms with van der Waals surface area (Å²) in [5.41, 5.74) is 2.19. The predicted octanol–water partition coefficient (Wildman–Crippen LogP) is 2.06. The molecule has 1 saturated heterocycles. The maximum absolute atomic E-state index is 12.7. The van der Waals surface area contributed by atoms with Gasteiger partial charge in [0.05, 0.1) is 25.5 Å². The number of rotatable bonds is 6. The van der Waals surface area contributed by atoms with Crippen molar-refractivity contribution >= 4 is 5.91 Å². The van der Waals surface area contributed by atoms with Gasteiger partial charge in [-0.1, -0.05) is 12.1 Å². The van der Waals surface area contributed by atoms with Gasteiger partial charge in [-0.05, 0) is 42.0 Å². The molecule has 10 nitrogen and oxygen atoms in total. The molecule has 10 heteroatoms. The summed E-state index contributed by atoms with van der Waals surface area (Å²) in [7, 11) is 0. The molecule has 4 heterocycles. The minimum absolute atomic E-state index is 0.0425. The molecule has 6 rings (SSSR count). The zero-order valence-electron chi connectivity index (χ0n) is 20.2. The van der Waals surface area contributed by atoms with Crippen LogP contribution in [0.3, 0.4) is 0 Å². The number of fused-ring (bicyclic) bond motifs is 4. The number of morpholine rings is 1. The Hall–Kier alpha value is -3.89. The molecule has 0 bridgehead atoms. The van der Waals surface area contributed by atoms with Crippen LogP contribution >= 0.6 is 0 Å². The van der Waals surface area contributed by atoms with Crippen LogP contribution in [0.15, 0.2) is 59.5 Å². The number of nitrogens with zero attached hydrogens (tertiary/aromatic N) is 3. The van der Waals surface area contributed by atoms with Gasteiger partial charge in [-0.2, -0.15) is 0 Å². The Bertz CT molecular complexity index is 1350. The maximum Gasteiger partial charge on any atom is 0.350 e. The largest absolute Gasteiger partial charge is 0.486 e. The van der Waals surface area contributed by atoms with Crippen LogP contribution in [0, 0.1) is 0 Å². The second kappa shape index (κ2) is 10.2. The number of carbonyl (C=O) groups is 1. The van der Waals surface area contributed by atoms with Crippen LogP contribution < -0.4 is 19.9 Å². The van der Waals surface area contributed by atoms with E-state index in [4.69, 9.17) is 23.7 Å². The van der Waals surface area contributed by atoms with Crippen molar-refractivity contribution < 1.29 is 28.5 Å². The van der Waals surface area contributed by atoms with Gasteiger partial charge in [-0.15, -0.1) is 0 Å². The van der Waals surface area contributed by atoms with Crippen LogP contribution in [-0.4, -0.2) is 72.6 Å². The zero-order valence-corrected chi connectivity index (χ0v) is 20.2. The van der Waals surface area contributed by atoms with Crippen molar-refractivity contribution in [1.29, 1.82) is 0 Å². The third kappa shape index (κ3) is 4.90. The molecule has 1 fully saturated rings. The van der Waals surface area contributed by atoms with Gasteiger partial charge < -0.3 is 28.6 Å². The summed E-state index contributed by atoms with van der Waals surface area (Å²) >= 11 is 0. The average Bonchev–Trinajstić information content (AvgIpc) is 2.95. The molecule has 3 aliphatic rings. The molecule has 0 aliphatic carbocycles. The van der Waals surface area contributed by atoms with Crippen molar-refractivity contribution in [3.05, 3.63) is 70.8 Å². The minimum Gasteiger partial charge on any atom is -0.486 e. The van der Waals surface area contributed by atoms with E-state index in [9.17, 15) is 9.59 Å². The third-order valence-corrected chi connectivity index (χ3v) is 6.69. The molecular formula is C27H27N3O7. The van der Waals surface area contributed by atoms with Crippen LogP contribution in [0.5, 0.6) is 17.2 Å². The fraction of sp³-hybridized carbons (Fsp3) is 0.370. The van der Waals surface area contributed by atoms with Gasteiger partial charge in [0.1, 0.15) is 18.6 Å². The van der Waals surface area contributed by atoms with Gasteiger partial charge in [-0.25, -0.2) is 9.78 Å². The standard InChI is InChI=1S/C27H27N3O7/c31-25(29-9-11-33-12-10-29)17-34-19-5-6-21-18(13-19)14-26(30-22(21)7-8-28-27(30)32)36-16-20-15-35-23-3-1-2-4-24(23)37-20/h1-8,13,20,26H,9-12,14-17H2. The van der Waals surface area contributed by atoms with E-state index in [1.165, 1.54) is 6.20 Å². The molecular weight excluding hydrogens is 478 g/mol. The van der Waals surface area contributed by atoms with E-state index < -0.39 is 6.23 Å². The highest BCUT2D eigenvalue weighted by Crippen LogP contribution is 2.36. The highest BCUT2D eigenvalue weighted by molar-refractivity contribution is 5.78. The highest BCUT2D eigenvalue weighted by atomic mass is 16.6. The first-order valence-electron chi connectivity index (χ1n) is 12.3. The number of para-hydroxylation sites is 2. The summed E-state index contributed by atoms with van der Waals surface area (Å²) in [6.07, 6.45) is 1.05. The van der Waals surface area contributed by atoms with Crippen LogP contribution in [0.25, 0.3) is 11.3 Å². The maximum atomic E-state index is 12.7. The number of ether oxygens (including phenoxy) is 5. The highest BCUT2D eigenvalue weighted by Gasteiger charge is 2.29. The lowest BCUT2D eigenvalue weighted by atomic mass is 9.96. The van der Waals surface area contributed by atoms with E-state index in [0.29, 0.717) is 62.3 Å². The Labute approximate surface area is 213 Å². The van der Waals surface area contributed by atoms with Crippen LogP contribution in [0.2, 0.25) is 0 Å². The molecule has 0 N–H and O–H groups in total. The number of benzene rings is 2. The fourth-order valence-corrected chi connectivity index (χ4v) is 4.82. The van der Waals surface area contributed by atoms with E-state index in [1.807, 2.05) is 42.5 Å².